The van der Waals surface area contributed by atoms with Crippen molar-refractivity contribution < 1.29 is 28.5 Å². The van der Waals surface area contributed by atoms with Crippen LogP contribution in [-0.4, -0.2) is 62.6 Å². The molecule has 1 saturated heterocycles. The molecule has 7 nitrogen and oxygen atoms in total. The number of benzene rings is 1. The highest BCUT2D eigenvalue weighted by Gasteiger charge is 2.32. The Balaban J connectivity index is 0.000000804. The third-order valence-corrected chi connectivity index (χ3v) is 4.68. The monoisotopic (exact) mass is 423 g/mol. The van der Waals surface area contributed by atoms with Gasteiger partial charge in [-0.05, 0) is 64.2 Å². The number of carbonyl (C=O) groups excluding carboxylic acids is 2. The summed E-state index contributed by atoms with van der Waals surface area (Å²) in [6, 6.07) is 8.41. The van der Waals surface area contributed by atoms with Crippen LogP contribution in [0.4, 0.5) is 4.79 Å². The summed E-state index contributed by atoms with van der Waals surface area (Å²) in [4.78, 5) is 23.8. The predicted octanol–water partition coefficient (Wildman–Crippen LogP) is 4.39. The fourth-order valence-electron chi connectivity index (χ4n) is 3.17. The average Bonchev–Trinajstić information content (AvgIpc) is 2.67. The molecule has 1 heterocycles. The molecule has 0 spiro atoms. The number of piperidine rings is 1. The lowest BCUT2D eigenvalue weighted by atomic mass is 9.86. The van der Waals surface area contributed by atoms with Crippen molar-refractivity contribution in [2.24, 2.45) is 0 Å². The molecular weight excluding hydrogens is 386 g/mol. The molecule has 1 aliphatic heterocycles. The van der Waals surface area contributed by atoms with Crippen molar-refractivity contribution in [3.05, 3.63) is 29.8 Å². The quantitative estimate of drug-likeness (QED) is 0.516. The molecule has 0 radical (unpaired) electrons. The van der Waals surface area contributed by atoms with Crippen LogP contribution in [0.2, 0.25) is 0 Å². The largest absolute Gasteiger partial charge is 0.491 e. The second-order valence-corrected chi connectivity index (χ2v) is 8.35. The van der Waals surface area contributed by atoms with Gasteiger partial charge in [-0.1, -0.05) is 12.1 Å². The summed E-state index contributed by atoms with van der Waals surface area (Å²) in [7, 11) is 3.02. The van der Waals surface area contributed by atoms with Crippen molar-refractivity contribution in [2.45, 2.75) is 65.0 Å². The van der Waals surface area contributed by atoms with E-state index in [1.165, 1.54) is 19.6 Å². The van der Waals surface area contributed by atoms with Gasteiger partial charge in [-0.3, -0.25) is 4.79 Å². The highest BCUT2D eigenvalue weighted by atomic mass is 16.6. The Morgan fingerprint density at radius 1 is 1.17 bits per heavy atom. The first kappa shape index (κ1) is 25.8. The average molecular weight is 424 g/mol. The van der Waals surface area contributed by atoms with Crippen LogP contribution in [0.1, 0.15) is 58.9 Å². The Labute approximate surface area is 180 Å². The van der Waals surface area contributed by atoms with Crippen molar-refractivity contribution in [2.75, 3.05) is 34.0 Å². The van der Waals surface area contributed by atoms with Crippen molar-refractivity contribution in [1.82, 2.24) is 4.90 Å². The Kier molecular flexibility index (Phi) is 10.7. The molecule has 0 aromatic heterocycles. The third kappa shape index (κ3) is 9.48. The van der Waals surface area contributed by atoms with E-state index in [4.69, 9.17) is 14.2 Å². The topological polar surface area (TPSA) is 74.3 Å². The van der Waals surface area contributed by atoms with Gasteiger partial charge in [-0.25, -0.2) is 4.79 Å². The van der Waals surface area contributed by atoms with Crippen LogP contribution in [0.15, 0.2) is 24.3 Å². The summed E-state index contributed by atoms with van der Waals surface area (Å²) in [5.74, 6) is 1.06. The number of amides is 1. The van der Waals surface area contributed by atoms with Crippen LogP contribution >= 0.6 is 0 Å². The second kappa shape index (κ2) is 12.4. The minimum absolute atomic E-state index is 0.159. The first-order chi connectivity index (χ1) is 14.1. The number of ether oxygens (including phenoxy) is 4. The summed E-state index contributed by atoms with van der Waals surface area (Å²) in [5.41, 5.74) is 0.812. The van der Waals surface area contributed by atoms with Crippen LogP contribution in [-0.2, 0) is 19.0 Å². The number of nitrogens with zero attached hydrogens (tertiary/aromatic N) is 1. The van der Waals surface area contributed by atoms with E-state index >= 15 is 0 Å². The first-order valence-electron chi connectivity index (χ1n) is 10.3. The van der Waals surface area contributed by atoms with Crippen molar-refractivity contribution in [3.8, 4) is 5.75 Å². The maximum absolute atomic E-state index is 12.3. The van der Waals surface area contributed by atoms with Gasteiger partial charge in [0.2, 0.25) is 0 Å². The molecule has 0 N–H and O–H groups in total. The second-order valence-electron chi connectivity index (χ2n) is 8.35. The number of rotatable bonds is 5. The van der Waals surface area contributed by atoms with E-state index in [1.807, 2.05) is 37.8 Å². The lowest BCUT2D eigenvalue weighted by molar-refractivity contribution is -0.137. The van der Waals surface area contributed by atoms with Crippen LogP contribution in [0.25, 0.3) is 0 Å². The molecule has 1 aliphatic rings. The van der Waals surface area contributed by atoms with Gasteiger partial charge in [0.15, 0.2) is 0 Å². The standard InChI is InChI=1S/C20H31NO4.C3H6O2/c1-15-13-17(9-10-21(15)19(22)25-20(2,3)4)16-7-6-8-18(14-16)24-12-11-23-5;1-3(4)5-2/h6-8,14-15,17H,9-13H2,1-5H3;1-2H3. The smallest absolute Gasteiger partial charge is 0.410 e. The van der Waals surface area contributed by atoms with Gasteiger partial charge in [0.25, 0.3) is 0 Å². The zero-order valence-corrected chi connectivity index (χ0v) is 19.4. The highest BCUT2D eigenvalue weighted by Crippen LogP contribution is 2.33. The number of hydrogen-bond donors (Lipinski definition) is 0. The molecule has 2 unspecified atom stereocenters. The van der Waals surface area contributed by atoms with Crippen molar-refractivity contribution in [1.29, 1.82) is 0 Å². The zero-order valence-electron chi connectivity index (χ0n) is 19.4. The van der Waals surface area contributed by atoms with Gasteiger partial charge >= 0.3 is 12.1 Å². The van der Waals surface area contributed by atoms with Crippen LogP contribution in [0, 0.1) is 0 Å². The minimum atomic E-state index is -0.457. The third-order valence-electron chi connectivity index (χ3n) is 4.68. The Morgan fingerprint density at radius 2 is 1.83 bits per heavy atom. The van der Waals surface area contributed by atoms with Gasteiger partial charge in [0.1, 0.15) is 18.0 Å². The normalized spacial score (nSPS) is 18.7. The summed E-state index contributed by atoms with van der Waals surface area (Å²) >= 11 is 0. The molecule has 0 bridgehead atoms. The van der Waals surface area contributed by atoms with E-state index in [-0.39, 0.29) is 18.1 Å². The molecule has 7 heteroatoms. The number of hydrogen-bond acceptors (Lipinski definition) is 6. The molecule has 0 aliphatic carbocycles. The predicted molar refractivity (Wildman–Crippen MR) is 116 cm³/mol. The molecule has 1 amide bonds. The lowest BCUT2D eigenvalue weighted by Crippen LogP contribution is -2.46. The molecule has 30 heavy (non-hydrogen) atoms. The number of likely N-dealkylation sites (tertiary alicyclic amines) is 1. The Bertz CT molecular complexity index is 670. The number of esters is 1. The molecule has 1 fully saturated rings. The maximum Gasteiger partial charge on any atom is 0.410 e. The summed E-state index contributed by atoms with van der Waals surface area (Å²) in [6.45, 7) is 11.0. The summed E-state index contributed by atoms with van der Waals surface area (Å²) in [6.07, 6.45) is 1.65. The molecule has 2 rings (SSSR count). The molecule has 170 valence electrons. The summed E-state index contributed by atoms with van der Waals surface area (Å²) in [5, 5.41) is 0. The highest BCUT2D eigenvalue weighted by molar-refractivity contribution is 5.68. The Morgan fingerprint density at radius 3 is 2.37 bits per heavy atom. The summed E-state index contributed by atoms with van der Waals surface area (Å²) < 4.78 is 20.4. The van der Waals surface area contributed by atoms with E-state index in [0.717, 1.165) is 25.1 Å². The van der Waals surface area contributed by atoms with E-state index in [1.54, 1.807) is 7.11 Å². The van der Waals surface area contributed by atoms with Crippen LogP contribution < -0.4 is 4.74 Å². The van der Waals surface area contributed by atoms with Crippen molar-refractivity contribution in [3.63, 3.8) is 0 Å². The van der Waals surface area contributed by atoms with Gasteiger partial charge in [-0.15, -0.1) is 0 Å². The fraction of sp³-hybridized carbons (Fsp3) is 0.652. The first-order valence-corrected chi connectivity index (χ1v) is 10.3. The molecule has 0 saturated carbocycles. The Hall–Kier alpha value is -2.28. The fourth-order valence-corrected chi connectivity index (χ4v) is 3.17. The SMILES string of the molecule is COC(C)=O.COCCOc1cccc(C2CCN(C(=O)OC(C)(C)C)C(C)C2)c1. The van der Waals surface area contributed by atoms with E-state index in [9.17, 15) is 9.59 Å². The van der Waals surface area contributed by atoms with Crippen molar-refractivity contribution >= 4 is 12.1 Å². The van der Waals surface area contributed by atoms with E-state index in [2.05, 4.69) is 23.8 Å². The van der Waals surface area contributed by atoms with Gasteiger partial charge < -0.3 is 23.8 Å². The molecule has 1 aromatic rings. The van der Waals surface area contributed by atoms with Gasteiger partial charge in [0.05, 0.1) is 13.7 Å². The lowest BCUT2D eigenvalue weighted by Gasteiger charge is -2.38. The van der Waals surface area contributed by atoms with Crippen LogP contribution in [0.3, 0.4) is 0 Å². The molecular formula is C23H37NO6. The van der Waals surface area contributed by atoms with E-state index < -0.39 is 5.60 Å². The molecule has 2 atom stereocenters. The number of methoxy groups -OCH3 is 2. The maximum atomic E-state index is 12.3. The van der Waals surface area contributed by atoms with E-state index in [0.29, 0.717) is 19.1 Å². The molecule has 1 aromatic carbocycles. The van der Waals surface area contributed by atoms with Gasteiger partial charge in [0, 0.05) is 26.6 Å². The number of carbonyl (C=O) groups is 2. The zero-order chi connectivity index (χ0) is 22.7. The van der Waals surface area contributed by atoms with Gasteiger partial charge in [-0.2, -0.15) is 0 Å². The minimum Gasteiger partial charge on any atom is -0.491 e. The van der Waals surface area contributed by atoms with Crippen LogP contribution in [0.5, 0.6) is 5.75 Å².